The summed E-state index contributed by atoms with van der Waals surface area (Å²) < 4.78 is 8.00. The highest BCUT2D eigenvalue weighted by Crippen LogP contribution is 2.38. The van der Waals surface area contributed by atoms with Gasteiger partial charge >= 0.3 is 0 Å². The molecule has 5 rings (SSSR count). The molecule has 0 atom stereocenters. The number of unbranched alkanes of at least 4 members (excludes halogenated alkanes) is 1. The van der Waals surface area contributed by atoms with Crippen LogP contribution in [-0.2, 0) is 25.8 Å². The van der Waals surface area contributed by atoms with Crippen molar-refractivity contribution in [1.29, 1.82) is 0 Å². The van der Waals surface area contributed by atoms with Crippen LogP contribution in [0.2, 0.25) is 0 Å². The van der Waals surface area contributed by atoms with Gasteiger partial charge in [0.05, 0.1) is 22.9 Å². The molecule has 1 N–H and O–H groups in total. The fourth-order valence-electron chi connectivity index (χ4n) is 4.28. The van der Waals surface area contributed by atoms with Gasteiger partial charge in [0, 0.05) is 11.8 Å². The third-order valence-electron chi connectivity index (χ3n) is 6.01. The first-order valence-corrected chi connectivity index (χ1v) is 12.2. The molecule has 0 aliphatic rings. The normalized spacial score (nSPS) is 11.5. The van der Waals surface area contributed by atoms with Crippen molar-refractivity contribution >= 4 is 31.6 Å². The van der Waals surface area contributed by atoms with Crippen LogP contribution >= 0.6 is 11.3 Å². The summed E-state index contributed by atoms with van der Waals surface area (Å²) in [6.07, 6.45) is 6.03. The zero-order valence-electron chi connectivity index (χ0n) is 18.6. The largest absolute Gasteiger partial charge is 0.506 e. The number of rotatable bonds is 8. The summed E-state index contributed by atoms with van der Waals surface area (Å²) in [4.78, 5) is 19.4. The van der Waals surface area contributed by atoms with E-state index >= 15 is 0 Å². The number of furan rings is 1. The van der Waals surface area contributed by atoms with Gasteiger partial charge in [-0.25, -0.2) is 4.98 Å². The Bertz CT molecular complexity index is 1450. The first-order valence-electron chi connectivity index (χ1n) is 11.4. The number of phenols is 1. The SMILES string of the molecule is CCCCc1cc(O)c2sc3nc(CCc4ccccc4)n(Cc4ccco4)c(=O)c3c2c1. The summed E-state index contributed by atoms with van der Waals surface area (Å²) in [5, 5.41) is 12.1. The van der Waals surface area contributed by atoms with Gasteiger partial charge in [-0.1, -0.05) is 43.7 Å². The zero-order chi connectivity index (χ0) is 22.8. The Labute approximate surface area is 196 Å². The lowest BCUT2D eigenvalue weighted by Gasteiger charge is -2.12. The molecule has 0 aliphatic carbocycles. The standard InChI is InChI=1S/C27H26N2O3S/c1-2-3-8-19-15-21-24-26(33-25(21)22(30)16-19)28-23(13-12-18-9-5-4-6-10-18)29(27(24)31)17-20-11-7-14-32-20/h4-7,9-11,14-16,30H,2-3,8,12-13,17H2,1H3. The third-order valence-corrected chi connectivity index (χ3v) is 7.13. The number of aryl methyl sites for hydroxylation is 3. The third kappa shape index (κ3) is 4.31. The van der Waals surface area contributed by atoms with Gasteiger partial charge in [-0.05, 0) is 54.7 Å². The van der Waals surface area contributed by atoms with Crippen molar-refractivity contribution in [1.82, 2.24) is 9.55 Å². The Hall–Kier alpha value is -3.38. The lowest BCUT2D eigenvalue weighted by molar-refractivity contribution is 0.481. The van der Waals surface area contributed by atoms with E-state index < -0.39 is 0 Å². The maximum absolute atomic E-state index is 13.8. The second kappa shape index (κ2) is 9.24. The molecule has 5 nitrogen and oxygen atoms in total. The summed E-state index contributed by atoms with van der Waals surface area (Å²) in [5.41, 5.74) is 2.16. The van der Waals surface area contributed by atoms with Crippen LogP contribution in [0.25, 0.3) is 20.3 Å². The summed E-state index contributed by atoms with van der Waals surface area (Å²) in [7, 11) is 0. The Morgan fingerprint density at radius 1 is 1.03 bits per heavy atom. The van der Waals surface area contributed by atoms with Crippen molar-refractivity contribution in [2.75, 3.05) is 0 Å². The molecular weight excluding hydrogens is 432 g/mol. The topological polar surface area (TPSA) is 68.3 Å². The lowest BCUT2D eigenvalue weighted by Crippen LogP contribution is -2.25. The number of hydrogen-bond donors (Lipinski definition) is 1. The van der Waals surface area contributed by atoms with Gasteiger partial charge < -0.3 is 9.52 Å². The van der Waals surface area contributed by atoms with Crippen LogP contribution in [-0.4, -0.2) is 14.7 Å². The van der Waals surface area contributed by atoms with Crippen LogP contribution in [0, 0.1) is 0 Å². The molecule has 0 saturated heterocycles. The molecule has 33 heavy (non-hydrogen) atoms. The molecule has 0 fully saturated rings. The second-order valence-electron chi connectivity index (χ2n) is 8.36. The number of aromatic nitrogens is 2. The number of thiophene rings is 1. The molecule has 3 heterocycles. The molecule has 2 aromatic carbocycles. The molecule has 0 spiro atoms. The van der Waals surface area contributed by atoms with Crippen LogP contribution in [0.1, 0.15) is 42.5 Å². The number of hydrogen-bond acceptors (Lipinski definition) is 5. The van der Waals surface area contributed by atoms with Gasteiger partial charge in [0.2, 0.25) is 0 Å². The number of phenolic OH excluding ortho intramolecular Hbond substituents is 1. The van der Waals surface area contributed by atoms with E-state index in [9.17, 15) is 9.90 Å². The van der Waals surface area contributed by atoms with Gasteiger partial charge in [-0.3, -0.25) is 9.36 Å². The minimum Gasteiger partial charge on any atom is -0.506 e. The van der Waals surface area contributed by atoms with Gasteiger partial charge in [0.1, 0.15) is 22.2 Å². The highest BCUT2D eigenvalue weighted by molar-refractivity contribution is 7.25. The van der Waals surface area contributed by atoms with E-state index in [-0.39, 0.29) is 11.3 Å². The average Bonchev–Trinajstić information content (AvgIpc) is 3.47. The minimum atomic E-state index is -0.0854. The predicted octanol–water partition coefficient (Wildman–Crippen LogP) is 6.09. The van der Waals surface area contributed by atoms with E-state index in [0.29, 0.717) is 28.9 Å². The van der Waals surface area contributed by atoms with Crippen LogP contribution in [0.3, 0.4) is 0 Å². The lowest BCUT2D eigenvalue weighted by atomic mass is 10.0. The quantitative estimate of drug-likeness (QED) is 0.306. The minimum absolute atomic E-state index is 0.0854. The van der Waals surface area contributed by atoms with E-state index in [2.05, 4.69) is 19.1 Å². The second-order valence-corrected chi connectivity index (χ2v) is 9.36. The van der Waals surface area contributed by atoms with Crippen LogP contribution < -0.4 is 5.56 Å². The Morgan fingerprint density at radius 3 is 2.64 bits per heavy atom. The Morgan fingerprint density at radius 2 is 1.88 bits per heavy atom. The summed E-state index contributed by atoms with van der Waals surface area (Å²) in [5.74, 6) is 1.67. The molecule has 5 aromatic rings. The van der Waals surface area contributed by atoms with Crippen molar-refractivity contribution in [2.24, 2.45) is 0 Å². The smallest absolute Gasteiger partial charge is 0.263 e. The van der Waals surface area contributed by atoms with E-state index in [1.807, 2.05) is 42.5 Å². The first-order chi connectivity index (χ1) is 16.1. The average molecular weight is 459 g/mol. The van der Waals surface area contributed by atoms with Crippen LogP contribution in [0.4, 0.5) is 0 Å². The fourth-order valence-corrected chi connectivity index (χ4v) is 5.36. The number of benzene rings is 2. The number of fused-ring (bicyclic) bond motifs is 3. The predicted molar refractivity (Wildman–Crippen MR) is 133 cm³/mol. The van der Waals surface area contributed by atoms with Gasteiger partial charge in [0.15, 0.2) is 0 Å². The highest BCUT2D eigenvalue weighted by Gasteiger charge is 2.19. The first kappa shape index (κ1) is 21.5. The van der Waals surface area contributed by atoms with E-state index in [0.717, 1.165) is 47.2 Å². The van der Waals surface area contributed by atoms with Gasteiger partial charge in [-0.15, -0.1) is 11.3 Å². The summed E-state index contributed by atoms with van der Waals surface area (Å²) >= 11 is 1.39. The Kier molecular flexibility index (Phi) is 6.01. The van der Waals surface area contributed by atoms with Crippen molar-refractivity contribution in [3.05, 3.63) is 93.9 Å². The van der Waals surface area contributed by atoms with Crippen LogP contribution in [0.15, 0.2) is 70.1 Å². The molecule has 168 valence electrons. The van der Waals surface area contributed by atoms with Gasteiger partial charge in [0.25, 0.3) is 5.56 Å². The molecule has 0 bridgehead atoms. The molecule has 0 amide bonds. The van der Waals surface area contributed by atoms with E-state index in [1.54, 1.807) is 10.8 Å². The van der Waals surface area contributed by atoms with Crippen molar-refractivity contribution in [3.8, 4) is 5.75 Å². The van der Waals surface area contributed by atoms with Crippen molar-refractivity contribution < 1.29 is 9.52 Å². The zero-order valence-corrected chi connectivity index (χ0v) is 19.4. The maximum atomic E-state index is 13.8. The number of aromatic hydroxyl groups is 1. The van der Waals surface area contributed by atoms with Gasteiger partial charge in [-0.2, -0.15) is 0 Å². The molecule has 0 unspecified atom stereocenters. The van der Waals surface area contributed by atoms with Crippen LogP contribution in [0.5, 0.6) is 5.75 Å². The maximum Gasteiger partial charge on any atom is 0.263 e. The fraction of sp³-hybridized carbons (Fsp3) is 0.259. The summed E-state index contributed by atoms with van der Waals surface area (Å²) in [6.45, 7) is 2.48. The van der Waals surface area contributed by atoms with E-state index in [1.165, 1.54) is 16.9 Å². The number of nitrogens with zero attached hydrogens (tertiary/aromatic N) is 2. The molecular formula is C27H26N2O3S. The van der Waals surface area contributed by atoms with Crippen molar-refractivity contribution in [3.63, 3.8) is 0 Å². The molecule has 6 heteroatoms. The molecule has 3 aromatic heterocycles. The monoisotopic (exact) mass is 458 g/mol. The Balaban J connectivity index is 1.65. The van der Waals surface area contributed by atoms with E-state index in [4.69, 9.17) is 9.40 Å². The molecule has 0 saturated carbocycles. The molecule has 0 aliphatic heterocycles. The van der Waals surface area contributed by atoms with Crippen molar-refractivity contribution in [2.45, 2.75) is 45.6 Å². The summed E-state index contributed by atoms with van der Waals surface area (Å²) in [6, 6.07) is 17.8. The molecule has 0 radical (unpaired) electrons. The highest BCUT2D eigenvalue weighted by atomic mass is 32.1.